The molecule has 1 aliphatic rings. The molecule has 1 aromatic heterocycles. The van der Waals surface area contributed by atoms with Crippen LogP contribution in [0.2, 0.25) is 0 Å². The average molecular weight is 347 g/mol. The Labute approximate surface area is 142 Å². The Kier molecular flexibility index (Phi) is 4.48. The summed E-state index contributed by atoms with van der Waals surface area (Å²) < 4.78 is 5.39. The Morgan fingerprint density at radius 3 is 2.92 bits per heavy atom. The molecule has 1 aliphatic heterocycles. The van der Waals surface area contributed by atoms with Gasteiger partial charge in [0.2, 0.25) is 5.91 Å². The van der Waals surface area contributed by atoms with Crippen molar-refractivity contribution in [2.45, 2.75) is 24.4 Å². The highest BCUT2D eigenvalue weighted by Gasteiger charge is 2.31. The van der Waals surface area contributed by atoms with Gasteiger partial charge in [-0.05, 0) is 30.9 Å². The maximum Gasteiger partial charge on any atom is 0.257 e. The van der Waals surface area contributed by atoms with Gasteiger partial charge < -0.3 is 20.1 Å². The van der Waals surface area contributed by atoms with Crippen LogP contribution in [0.25, 0.3) is 0 Å². The Balaban J connectivity index is 2.12. The summed E-state index contributed by atoms with van der Waals surface area (Å²) in [4.78, 5) is 31.5. The van der Waals surface area contributed by atoms with Crippen molar-refractivity contribution in [1.29, 1.82) is 0 Å². The molecule has 7 nitrogen and oxygen atoms in total. The van der Waals surface area contributed by atoms with Crippen LogP contribution < -0.4 is 15.6 Å². The van der Waals surface area contributed by atoms with Crippen LogP contribution in [-0.4, -0.2) is 33.8 Å². The van der Waals surface area contributed by atoms with Gasteiger partial charge in [-0.2, -0.15) is 0 Å². The third-order valence-electron chi connectivity index (χ3n) is 3.81. The first-order valence-electron chi connectivity index (χ1n) is 7.47. The molecule has 3 rings (SSSR count). The van der Waals surface area contributed by atoms with Gasteiger partial charge in [-0.15, -0.1) is 0 Å². The summed E-state index contributed by atoms with van der Waals surface area (Å²) in [5.74, 6) is -0.0155. The van der Waals surface area contributed by atoms with Gasteiger partial charge in [-0.3, -0.25) is 9.59 Å². The number of nitrogens with one attached hydrogen (secondary N) is 2. The molecule has 2 aromatic rings. The van der Waals surface area contributed by atoms with Crippen LogP contribution in [0.1, 0.15) is 30.4 Å². The molecular weight excluding hydrogens is 330 g/mol. The number of hydrogen-bond donors (Lipinski definition) is 3. The van der Waals surface area contributed by atoms with Crippen molar-refractivity contribution in [3.05, 3.63) is 39.7 Å². The molecule has 0 unspecified atom stereocenters. The lowest BCUT2D eigenvalue weighted by molar-refractivity contribution is -0.116. The monoisotopic (exact) mass is 347 g/mol. The number of H-pyrrole nitrogens is 1. The fraction of sp³-hybridized carbons (Fsp3) is 0.312. The molecule has 1 amide bonds. The SMILES string of the molecule is CCOc1cc([C@H]2CC(=O)Nc3nc(SC)[nH]c(=O)c32)ccc1O. The van der Waals surface area contributed by atoms with Gasteiger partial charge in [-0.25, -0.2) is 4.98 Å². The number of nitrogens with zero attached hydrogens (tertiary/aromatic N) is 1. The number of amides is 1. The Hall–Kier alpha value is -2.48. The number of ether oxygens (including phenoxy) is 1. The zero-order chi connectivity index (χ0) is 17.3. The number of carbonyl (C=O) groups is 1. The minimum atomic E-state index is -0.444. The zero-order valence-electron chi connectivity index (χ0n) is 13.3. The number of fused-ring (bicyclic) bond motifs is 1. The van der Waals surface area contributed by atoms with Gasteiger partial charge in [0.1, 0.15) is 5.82 Å². The normalized spacial score (nSPS) is 16.4. The van der Waals surface area contributed by atoms with Crippen LogP contribution in [0.4, 0.5) is 5.82 Å². The number of aromatic hydroxyl groups is 1. The van der Waals surface area contributed by atoms with Crippen molar-refractivity contribution in [3.8, 4) is 11.5 Å². The smallest absolute Gasteiger partial charge is 0.257 e. The van der Waals surface area contributed by atoms with Crippen molar-refractivity contribution in [3.63, 3.8) is 0 Å². The highest BCUT2D eigenvalue weighted by atomic mass is 32.2. The van der Waals surface area contributed by atoms with Crippen LogP contribution in [0.15, 0.2) is 28.2 Å². The number of aromatic amines is 1. The number of benzene rings is 1. The number of anilines is 1. The van der Waals surface area contributed by atoms with E-state index in [2.05, 4.69) is 15.3 Å². The first-order chi connectivity index (χ1) is 11.5. The van der Waals surface area contributed by atoms with Crippen LogP contribution in [0.3, 0.4) is 0 Å². The fourth-order valence-corrected chi connectivity index (χ4v) is 3.13. The third kappa shape index (κ3) is 2.96. The van der Waals surface area contributed by atoms with Crippen molar-refractivity contribution in [2.24, 2.45) is 0 Å². The second kappa shape index (κ2) is 6.56. The summed E-state index contributed by atoms with van der Waals surface area (Å²) in [7, 11) is 0. The van der Waals surface area contributed by atoms with Gasteiger partial charge >= 0.3 is 0 Å². The Morgan fingerprint density at radius 1 is 1.42 bits per heavy atom. The largest absolute Gasteiger partial charge is 0.504 e. The molecule has 126 valence electrons. The summed E-state index contributed by atoms with van der Waals surface area (Å²) >= 11 is 1.29. The summed E-state index contributed by atoms with van der Waals surface area (Å²) in [6, 6.07) is 4.85. The highest BCUT2D eigenvalue weighted by Crippen LogP contribution is 2.37. The van der Waals surface area contributed by atoms with E-state index in [1.54, 1.807) is 18.4 Å². The number of carbonyl (C=O) groups excluding carboxylic acids is 1. The second-order valence-corrected chi connectivity index (χ2v) is 6.10. The van der Waals surface area contributed by atoms with Gasteiger partial charge in [0, 0.05) is 12.3 Å². The van der Waals surface area contributed by atoms with E-state index in [0.717, 1.165) is 5.56 Å². The molecule has 0 spiro atoms. The lowest BCUT2D eigenvalue weighted by Gasteiger charge is -2.24. The lowest BCUT2D eigenvalue weighted by Crippen LogP contribution is -2.31. The van der Waals surface area contributed by atoms with E-state index >= 15 is 0 Å². The first kappa shape index (κ1) is 16.4. The van der Waals surface area contributed by atoms with Crippen LogP contribution in [0, 0.1) is 0 Å². The topological polar surface area (TPSA) is 104 Å². The molecule has 0 bridgehead atoms. The molecule has 0 fully saturated rings. The van der Waals surface area contributed by atoms with E-state index in [4.69, 9.17) is 4.74 Å². The maximum atomic E-state index is 12.5. The highest BCUT2D eigenvalue weighted by molar-refractivity contribution is 7.98. The number of hydrogen-bond acceptors (Lipinski definition) is 6. The molecule has 24 heavy (non-hydrogen) atoms. The third-order valence-corrected chi connectivity index (χ3v) is 4.39. The minimum Gasteiger partial charge on any atom is -0.504 e. The lowest BCUT2D eigenvalue weighted by atomic mass is 9.86. The number of phenols is 1. The predicted molar refractivity (Wildman–Crippen MR) is 91.0 cm³/mol. The molecule has 0 saturated heterocycles. The Bertz CT molecular complexity index is 850. The summed E-state index contributed by atoms with van der Waals surface area (Å²) in [5, 5.41) is 13.0. The van der Waals surface area contributed by atoms with E-state index < -0.39 is 5.92 Å². The zero-order valence-corrected chi connectivity index (χ0v) is 14.1. The van der Waals surface area contributed by atoms with E-state index in [0.29, 0.717) is 23.1 Å². The number of phenolic OH excluding ortho intramolecular Hbond substituents is 1. The fourth-order valence-electron chi connectivity index (χ4n) is 2.75. The van der Waals surface area contributed by atoms with Crippen molar-refractivity contribution in [2.75, 3.05) is 18.2 Å². The molecule has 0 aliphatic carbocycles. The molecule has 2 heterocycles. The molecule has 1 atom stereocenters. The van der Waals surface area contributed by atoms with Crippen molar-refractivity contribution >= 4 is 23.5 Å². The van der Waals surface area contributed by atoms with E-state index in [9.17, 15) is 14.7 Å². The predicted octanol–water partition coefficient (Wildman–Crippen LogP) is 2.07. The van der Waals surface area contributed by atoms with Crippen molar-refractivity contribution in [1.82, 2.24) is 9.97 Å². The molecule has 0 saturated carbocycles. The second-order valence-electron chi connectivity index (χ2n) is 5.30. The molecule has 8 heteroatoms. The van der Waals surface area contributed by atoms with Crippen molar-refractivity contribution < 1.29 is 14.6 Å². The summed E-state index contributed by atoms with van der Waals surface area (Å²) in [6.45, 7) is 2.21. The van der Waals surface area contributed by atoms with Crippen LogP contribution in [-0.2, 0) is 4.79 Å². The first-order valence-corrected chi connectivity index (χ1v) is 8.69. The Morgan fingerprint density at radius 2 is 2.21 bits per heavy atom. The number of rotatable bonds is 4. The molecule has 0 radical (unpaired) electrons. The number of thioether (sulfide) groups is 1. The van der Waals surface area contributed by atoms with E-state index in [1.807, 2.05) is 6.92 Å². The van der Waals surface area contributed by atoms with Gasteiger partial charge in [-0.1, -0.05) is 17.8 Å². The average Bonchev–Trinajstić information content (AvgIpc) is 2.55. The molecule has 1 aromatic carbocycles. The van der Waals surface area contributed by atoms with Gasteiger partial charge in [0.15, 0.2) is 16.7 Å². The van der Waals surface area contributed by atoms with Gasteiger partial charge in [0.05, 0.1) is 12.2 Å². The standard InChI is InChI=1S/C16H17N3O4S/c1-3-23-11-6-8(4-5-10(11)20)9-7-12(21)17-14-13(9)15(22)19-16(18-14)24-2/h4-6,9,20H,3,7H2,1-2H3,(H2,17,18,19,21,22)/t9-/m1/s1. The quantitative estimate of drug-likeness (QED) is 0.578. The van der Waals surface area contributed by atoms with E-state index in [-0.39, 0.29) is 29.5 Å². The summed E-state index contributed by atoms with van der Waals surface area (Å²) in [5.41, 5.74) is 0.859. The van der Waals surface area contributed by atoms with E-state index in [1.165, 1.54) is 17.8 Å². The number of aromatic nitrogens is 2. The molecule has 3 N–H and O–H groups in total. The van der Waals surface area contributed by atoms with Crippen LogP contribution in [0.5, 0.6) is 11.5 Å². The summed E-state index contributed by atoms with van der Waals surface area (Å²) in [6.07, 6.45) is 1.92. The van der Waals surface area contributed by atoms with Crippen LogP contribution >= 0.6 is 11.8 Å². The maximum absolute atomic E-state index is 12.5. The molecular formula is C16H17N3O4S. The minimum absolute atomic E-state index is 0.0193. The van der Waals surface area contributed by atoms with Gasteiger partial charge in [0.25, 0.3) is 5.56 Å².